The number of nitrogens with one attached hydrogen (secondary N) is 1. The second-order valence-electron chi connectivity index (χ2n) is 5.59. The number of carbonyl (C=O) groups excluding carboxylic acids is 1. The van der Waals surface area contributed by atoms with Crippen molar-refractivity contribution in [2.75, 3.05) is 5.32 Å². The monoisotopic (exact) mass is 335 g/mol. The van der Waals surface area contributed by atoms with Gasteiger partial charge in [0.2, 0.25) is 0 Å². The number of aryl methyl sites for hydroxylation is 1. The van der Waals surface area contributed by atoms with Crippen LogP contribution in [-0.4, -0.2) is 15.7 Å². The van der Waals surface area contributed by atoms with E-state index in [0.717, 1.165) is 28.2 Å². The summed E-state index contributed by atoms with van der Waals surface area (Å²) in [5.74, 6) is -0.126. The molecule has 0 radical (unpaired) electrons. The fourth-order valence-electron chi connectivity index (χ4n) is 2.84. The Morgan fingerprint density at radius 3 is 2.58 bits per heavy atom. The van der Waals surface area contributed by atoms with Crippen molar-refractivity contribution in [3.63, 3.8) is 0 Å². The van der Waals surface area contributed by atoms with E-state index in [1.165, 1.54) is 0 Å². The average molecular weight is 336 g/mol. The molecule has 0 spiro atoms. The van der Waals surface area contributed by atoms with E-state index in [-0.39, 0.29) is 5.91 Å². The lowest BCUT2D eigenvalue weighted by Gasteiger charge is -2.02. The summed E-state index contributed by atoms with van der Waals surface area (Å²) >= 11 is 6.54. The van der Waals surface area contributed by atoms with E-state index >= 15 is 0 Å². The highest BCUT2D eigenvalue weighted by atomic mass is 35.5. The number of nitrogens with zero attached hydrogens (tertiary/aromatic N) is 2. The zero-order chi connectivity index (χ0) is 16.7. The number of amides is 1. The van der Waals surface area contributed by atoms with E-state index in [4.69, 9.17) is 11.6 Å². The summed E-state index contributed by atoms with van der Waals surface area (Å²) in [7, 11) is 0. The molecule has 0 fully saturated rings. The van der Waals surface area contributed by atoms with Crippen LogP contribution in [-0.2, 0) is 4.79 Å². The first-order valence-corrected chi connectivity index (χ1v) is 7.96. The minimum absolute atomic E-state index is 0.126. The minimum atomic E-state index is -0.126. The Morgan fingerprint density at radius 1 is 1.08 bits per heavy atom. The first-order valence-electron chi connectivity index (χ1n) is 7.58. The highest BCUT2D eigenvalue weighted by Gasteiger charge is 2.25. The zero-order valence-corrected chi connectivity index (χ0v) is 13.7. The summed E-state index contributed by atoms with van der Waals surface area (Å²) in [6.45, 7) is 1.89. The lowest BCUT2D eigenvalue weighted by atomic mass is 10.0. The summed E-state index contributed by atoms with van der Waals surface area (Å²) in [6, 6.07) is 17.3. The van der Waals surface area contributed by atoms with Crippen LogP contribution >= 0.6 is 11.6 Å². The molecule has 0 aliphatic carbocycles. The van der Waals surface area contributed by atoms with Crippen molar-refractivity contribution in [3.05, 3.63) is 76.6 Å². The molecule has 4 rings (SSSR count). The number of aromatic nitrogens is 2. The molecular formula is C19H14ClN3O. The lowest BCUT2D eigenvalue weighted by Crippen LogP contribution is -2.03. The Morgan fingerprint density at radius 2 is 1.79 bits per heavy atom. The molecule has 0 unspecified atom stereocenters. The van der Waals surface area contributed by atoms with Gasteiger partial charge < -0.3 is 5.32 Å². The number of rotatable bonds is 2. The van der Waals surface area contributed by atoms with E-state index in [1.807, 2.05) is 67.6 Å². The van der Waals surface area contributed by atoms with Crippen molar-refractivity contribution in [1.82, 2.24) is 9.78 Å². The van der Waals surface area contributed by atoms with Gasteiger partial charge in [-0.05, 0) is 31.2 Å². The zero-order valence-electron chi connectivity index (χ0n) is 13.0. The van der Waals surface area contributed by atoms with Crippen LogP contribution in [0.2, 0.25) is 5.15 Å². The standard InChI is InChI=1S/C19H14ClN3O/c1-12-15(18(20)23(22-12)13-7-3-2-4-8-13)11-16-14-9-5-6-10-17(14)21-19(16)24/h2-11H,1H3,(H,21,24)/b16-11+. The largest absolute Gasteiger partial charge is 0.321 e. The first-order chi connectivity index (χ1) is 11.6. The third kappa shape index (κ3) is 2.32. The van der Waals surface area contributed by atoms with Gasteiger partial charge in [-0.25, -0.2) is 4.68 Å². The predicted octanol–water partition coefficient (Wildman–Crippen LogP) is 4.33. The number of hydrogen-bond donors (Lipinski definition) is 1. The van der Waals surface area contributed by atoms with Gasteiger partial charge in [0.25, 0.3) is 5.91 Å². The van der Waals surface area contributed by atoms with Crippen molar-refractivity contribution in [1.29, 1.82) is 0 Å². The molecule has 0 saturated carbocycles. The number of anilines is 1. The van der Waals surface area contributed by atoms with Crippen molar-refractivity contribution in [3.8, 4) is 5.69 Å². The normalized spacial score (nSPS) is 14.8. The molecule has 1 aromatic heterocycles. The highest BCUT2D eigenvalue weighted by Crippen LogP contribution is 2.35. The van der Waals surface area contributed by atoms with E-state index in [9.17, 15) is 4.79 Å². The number of halogens is 1. The van der Waals surface area contributed by atoms with Crippen LogP contribution in [0, 0.1) is 6.92 Å². The van der Waals surface area contributed by atoms with Gasteiger partial charge in [-0.2, -0.15) is 5.10 Å². The Hall–Kier alpha value is -2.85. The summed E-state index contributed by atoms with van der Waals surface area (Å²) < 4.78 is 1.68. The molecule has 2 heterocycles. The maximum atomic E-state index is 12.3. The Labute approximate surface area is 144 Å². The Kier molecular flexibility index (Phi) is 3.47. The van der Waals surface area contributed by atoms with Crippen LogP contribution in [0.25, 0.3) is 17.3 Å². The number of fused-ring (bicyclic) bond motifs is 1. The Bertz CT molecular complexity index is 974. The van der Waals surface area contributed by atoms with E-state index in [1.54, 1.807) is 4.68 Å². The first kappa shape index (κ1) is 14.7. The molecule has 0 saturated heterocycles. The van der Waals surface area contributed by atoms with Gasteiger partial charge in [0.15, 0.2) is 0 Å². The topological polar surface area (TPSA) is 46.9 Å². The molecule has 1 amide bonds. The molecule has 3 aromatic rings. The molecular weight excluding hydrogens is 322 g/mol. The van der Waals surface area contributed by atoms with Crippen LogP contribution in [0.1, 0.15) is 16.8 Å². The number of para-hydroxylation sites is 2. The van der Waals surface area contributed by atoms with Gasteiger partial charge in [-0.1, -0.05) is 48.0 Å². The fourth-order valence-corrected chi connectivity index (χ4v) is 3.17. The maximum absolute atomic E-state index is 12.3. The van der Waals surface area contributed by atoms with Crippen molar-refractivity contribution in [2.45, 2.75) is 6.92 Å². The molecule has 0 bridgehead atoms. The number of carbonyl (C=O) groups is 1. The predicted molar refractivity (Wildman–Crippen MR) is 96.3 cm³/mol. The smallest absolute Gasteiger partial charge is 0.256 e. The molecule has 1 aliphatic rings. The molecule has 1 aliphatic heterocycles. The maximum Gasteiger partial charge on any atom is 0.256 e. The van der Waals surface area contributed by atoms with Crippen LogP contribution < -0.4 is 5.32 Å². The molecule has 4 nitrogen and oxygen atoms in total. The summed E-state index contributed by atoms with van der Waals surface area (Å²) in [6.07, 6.45) is 1.81. The van der Waals surface area contributed by atoms with Crippen molar-refractivity contribution in [2.24, 2.45) is 0 Å². The number of hydrogen-bond acceptors (Lipinski definition) is 2. The van der Waals surface area contributed by atoms with Gasteiger partial charge >= 0.3 is 0 Å². The third-order valence-corrected chi connectivity index (χ3v) is 4.41. The summed E-state index contributed by atoms with van der Waals surface area (Å²) in [5, 5.41) is 7.87. The molecule has 1 N–H and O–H groups in total. The molecule has 0 atom stereocenters. The van der Waals surface area contributed by atoms with Crippen LogP contribution in [0.15, 0.2) is 54.6 Å². The summed E-state index contributed by atoms with van der Waals surface area (Å²) in [4.78, 5) is 12.3. The van der Waals surface area contributed by atoms with Crippen LogP contribution in [0.3, 0.4) is 0 Å². The summed E-state index contributed by atoms with van der Waals surface area (Å²) in [5.41, 5.74) is 4.70. The van der Waals surface area contributed by atoms with E-state index in [2.05, 4.69) is 10.4 Å². The second-order valence-corrected chi connectivity index (χ2v) is 5.95. The molecule has 5 heteroatoms. The Balaban J connectivity index is 1.84. The minimum Gasteiger partial charge on any atom is -0.321 e. The second kappa shape index (κ2) is 5.65. The lowest BCUT2D eigenvalue weighted by molar-refractivity contribution is -0.110. The van der Waals surface area contributed by atoms with Crippen molar-refractivity contribution >= 4 is 34.8 Å². The van der Waals surface area contributed by atoms with Crippen molar-refractivity contribution < 1.29 is 4.79 Å². The molecule has 118 valence electrons. The van der Waals surface area contributed by atoms with Crippen LogP contribution in [0.5, 0.6) is 0 Å². The van der Waals surface area contributed by atoms with Gasteiger partial charge in [0.05, 0.1) is 11.4 Å². The van der Waals surface area contributed by atoms with Gasteiger partial charge in [0.1, 0.15) is 5.15 Å². The SMILES string of the molecule is Cc1nn(-c2ccccc2)c(Cl)c1/C=C1/C(=O)Nc2ccccc21. The van der Waals surface area contributed by atoms with Crippen LogP contribution in [0.4, 0.5) is 5.69 Å². The quantitative estimate of drug-likeness (QED) is 0.709. The van der Waals surface area contributed by atoms with Gasteiger partial charge in [-0.15, -0.1) is 0 Å². The van der Waals surface area contributed by atoms with E-state index < -0.39 is 0 Å². The van der Waals surface area contributed by atoms with Gasteiger partial charge in [0, 0.05) is 22.4 Å². The highest BCUT2D eigenvalue weighted by molar-refractivity contribution is 6.36. The van der Waals surface area contributed by atoms with E-state index in [0.29, 0.717) is 10.7 Å². The molecule has 24 heavy (non-hydrogen) atoms. The van der Waals surface area contributed by atoms with Gasteiger partial charge in [-0.3, -0.25) is 4.79 Å². The fraction of sp³-hybridized carbons (Fsp3) is 0.0526. The number of benzene rings is 2. The third-order valence-electron chi connectivity index (χ3n) is 4.05. The molecule has 2 aromatic carbocycles. The average Bonchev–Trinajstić information content (AvgIpc) is 3.07.